The van der Waals surface area contributed by atoms with Crippen LogP contribution < -0.4 is 4.90 Å². The molecule has 0 aliphatic carbocycles. The van der Waals surface area contributed by atoms with Crippen molar-refractivity contribution in [3.63, 3.8) is 0 Å². The zero-order valence-electron chi connectivity index (χ0n) is 15.6. The lowest BCUT2D eigenvalue weighted by Crippen LogP contribution is -2.38. The van der Waals surface area contributed by atoms with Gasteiger partial charge in [0.15, 0.2) is 0 Å². The minimum Gasteiger partial charge on any atom is -0.378 e. The number of halogens is 1. The molecule has 0 bridgehead atoms. The molecule has 1 aliphatic rings. The molecule has 1 amide bonds. The van der Waals surface area contributed by atoms with E-state index in [0.717, 1.165) is 0 Å². The van der Waals surface area contributed by atoms with Crippen molar-refractivity contribution in [3.05, 3.63) is 69.5 Å². The molecule has 0 unspecified atom stereocenters. The molecule has 0 N–H and O–H groups in total. The molecule has 1 heterocycles. The van der Waals surface area contributed by atoms with E-state index >= 15 is 0 Å². The predicted molar refractivity (Wildman–Crippen MR) is 103 cm³/mol. The zero-order valence-corrected chi connectivity index (χ0v) is 15.6. The van der Waals surface area contributed by atoms with Gasteiger partial charge in [-0.25, -0.2) is 4.39 Å². The highest BCUT2D eigenvalue weighted by Crippen LogP contribution is 2.28. The summed E-state index contributed by atoms with van der Waals surface area (Å²) in [7, 11) is 0. The maximum Gasteiger partial charge on any atom is 0.270 e. The average Bonchev–Trinajstić information content (AvgIpc) is 2.71. The molecule has 1 saturated heterocycles. The Morgan fingerprint density at radius 1 is 1.25 bits per heavy atom. The van der Waals surface area contributed by atoms with Gasteiger partial charge in [0.05, 0.1) is 29.4 Å². The van der Waals surface area contributed by atoms with Crippen molar-refractivity contribution in [2.24, 2.45) is 0 Å². The third kappa shape index (κ3) is 4.45. The van der Waals surface area contributed by atoms with Crippen molar-refractivity contribution >= 4 is 17.3 Å². The van der Waals surface area contributed by atoms with E-state index in [9.17, 15) is 19.3 Å². The minimum absolute atomic E-state index is 0.137. The largest absolute Gasteiger partial charge is 0.378 e. The first-order valence-corrected chi connectivity index (χ1v) is 9.14. The van der Waals surface area contributed by atoms with Gasteiger partial charge >= 0.3 is 0 Å². The summed E-state index contributed by atoms with van der Waals surface area (Å²) in [5.41, 5.74) is 1.45. The summed E-state index contributed by atoms with van der Waals surface area (Å²) in [6, 6.07) is 10.4. The second kappa shape index (κ2) is 8.79. The SMILES string of the molecule is CCN(Cc1cccc(F)c1)C(=O)c1cc([N+](=O)[O-])ccc1N1CCOCC1. The maximum atomic E-state index is 13.5. The number of amides is 1. The number of carbonyl (C=O) groups is 1. The minimum atomic E-state index is -0.511. The van der Waals surface area contributed by atoms with E-state index in [0.29, 0.717) is 44.1 Å². The van der Waals surface area contributed by atoms with E-state index in [1.165, 1.54) is 24.3 Å². The number of morpholine rings is 1. The number of hydrogen-bond donors (Lipinski definition) is 0. The first kappa shape index (κ1) is 19.8. The number of hydrogen-bond acceptors (Lipinski definition) is 5. The molecule has 0 spiro atoms. The molecule has 0 atom stereocenters. The molecule has 28 heavy (non-hydrogen) atoms. The quantitative estimate of drug-likeness (QED) is 0.562. The highest BCUT2D eigenvalue weighted by atomic mass is 19.1. The average molecular weight is 387 g/mol. The van der Waals surface area contributed by atoms with Gasteiger partial charge in [0.25, 0.3) is 11.6 Å². The highest BCUT2D eigenvalue weighted by Gasteiger charge is 2.25. The smallest absolute Gasteiger partial charge is 0.270 e. The van der Waals surface area contributed by atoms with Crippen LogP contribution in [0.15, 0.2) is 42.5 Å². The van der Waals surface area contributed by atoms with Gasteiger partial charge in [0.2, 0.25) is 0 Å². The molecule has 1 aliphatic heterocycles. The van der Waals surface area contributed by atoms with E-state index in [-0.39, 0.29) is 29.5 Å². The molecule has 0 aromatic heterocycles. The Kier molecular flexibility index (Phi) is 6.20. The lowest BCUT2D eigenvalue weighted by atomic mass is 10.1. The number of nitro groups is 1. The number of carbonyl (C=O) groups excluding carboxylic acids is 1. The van der Waals surface area contributed by atoms with Gasteiger partial charge in [-0.15, -0.1) is 0 Å². The Morgan fingerprint density at radius 2 is 2.00 bits per heavy atom. The van der Waals surface area contributed by atoms with Gasteiger partial charge < -0.3 is 14.5 Å². The van der Waals surface area contributed by atoms with Crippen LogP contribution in [0.1, 0.15) is 22.8 Å². The van der Waals surface area contributed by atoms with Gasteiger partial charge in [-0.1, -0.05) is 12.1 Å². The Hall–Kier alpha value is -3.00. The molecule has 2 aromatic rings. The van der Waals surface area contributed by atoms with E-state index in [1.54, 1.807) is 23.1 Å². The van der Waals surface area contributed by atoms with Crippen molar-refractivity contribution in [1.82, 2.24) is 4.90 Å². The van der Waals surface area contributed by atoms with E-state index in [2.05, 4.69) is 0 Å². The van der Waals surface area contributed by atoms with Crippen LogP contribution in [-0.2, 0) is 11.3 Å². The molecule has 0 saturated carbocycles. The third-order valence-corrected chi connectivity index (χ3v) is 4.70. The van der Waals surface area contributed by atoms with Gasteiger partial charge in [-0.2, -0.15) is 0 Å². The first-order valence-electron chi connectivity index (χ1n) is 9.14. The van der Waals surface area contributed by atoms with Crippen molar-refractivity contribution in [2.45, 2.75) is 13.5 Å². The molecule has 1 fully saturated rings. The molecule has 148 valence electrons. The molecule has 0 radical (unpaired) electrons. The zero-order chi connectivity index (χ0) is 20.1. The van der Waals surface area contributed by atoms with E-state index in [1.807, 2.05) is 11.8 Å². The topological polar surface area (TPSA) is 75.9 Å². The summed E-state index contributed by atoms with van der Waals surface area (Å²) in [5, 5.41) is 11.2. The lowest BCUT2D eigenvalue weighted by molar-refractivity contribution is -0.384. The van der Waals surface area contributed by atoms with Crippen LogP contribution in [0.5, 0.6) is 0 Å². The van der Waals surface area contributed by atoms with Crippen molar-refractivity contribution in [2.75, 3.05) is 37.7 Å². The summed E-state index contributed by atoms with van der Waals surface area (Å²) >= 11 is 0. The number of benzene rings is 2. The Bertz CT molecular complexity index is 868. The molecule has 2 aromatic carbocycles. The molecule has 7 nitrogen and oxygen atoms in total. The van der Waals surface area contributed by atoms with E-state index in [4.69, 9.17) is 4.74 Å². The number of anilines is 1. The van der Waals surface area contributed by atoms with Crippen LogP contribution in [0.4, 0.5) is 15.8 Å². The number of nitro benzene ring substituents is 1. The van der Waals surface area contributed by atoms with Crippen molar-refractivity contribution in [1.29, 1.82) is 0 Å². The lowest BCUT2D eigenvalue weighted by Gasteiger charge is -2.31. The summed E-state index contributed by atoms with van der Waals surface area (Å²) in [6.45, 7) is 4.71. The van der Waals surface area contributed by atoms with Gasteiger partial charge in [-0.05, 0) is 30.7 Å². The molecular weight excluding hydrogens is 365 g/mol. The molecular formula is C20H22FN3O4. The standard InChI is InChI=1S/C20H22FN3O4/c1-2-22(14-15-4-3-5-16(21)12-15)20(25)18-13-17(24(26)27)6-7-19(18)23-8-10-28-11-9-23/h3-7,12-13H,2,8-11,14H2,1H3. The monoisotopic (exact) mass is 387 g/mol. The predicted octanol–water partition coefficient (Wildman–Crippen LogP) is 3.23. The van der Waals surface area contributed by atoms with Crippen LogP contribution >= 0.6 is 0 Å². The Morgan fingerprint density at radius 3 is 2.64 bits per heavy atom. The normalized spacial score (nSPS) is 14.0. The number of nitrogens with zero attached hydrogens (tertiary/aromatic N) is 3. The number of rotatable bonds is 6. The second-order valence-corrected chi connectivity index (χ2v) is 6.51. The van der Waals surface area contributed by atoms with Crippen LogP contribution in [0.2, 0.25) is 0 Å². The van der Waals surface area contributed by atoms with Crippen molar-refractivity contribution < 1.29 is 18.8 Å². The van der Waals surface area contributed by atoms with Crippen molar-refractivity contribution in [3.8, 4) is 0 Å². The number of non-ortho nitro benzene ring substituents is 1. The third-order valence-electron chi connectivity index (χ3n) is 4.70. The summed E-state index contributed by atoms with van der Waals surface area (Å²) in [6.07, 6.45) is 0. The summed E-state index contributed by atoms with van der Waals surface area (Å²) in [5.74, 6) is -0.692. The summed E-state index contributed by atoms with van der Waals surface area (Å²) in [4.78, 5) is 27.5. The Labute approximate surface area is 162 Å². The van der Waals surface area contributed by atoms with Crippen LogP contribution in [0.3, 0.4) is 0 Å². The maximum absolute atomic E-state index is 13.5. The van der Waals surface area contributed by atoms with E-state index < -0.39 is 4.92 Å². The molecule has 3 rings (SSSR count). The first-order chi connectivity index (χ1) is 13.5. The fourth-order valence-corrected chi connectivity index (χ4v) is 3.24. The second-order valence-electron chi connectivity index (χ2n) is 6.51. The fraction of sp³-hybridized carbons (Fsp3) is 0.350. The van der Waals surface area contributed by atoms with Crippen LogP contribution in [0, 0.1) is 15.9 Å². The molecule has 8 heteroatoms. The van der Waals surface area contributed by atoms with Crippen LogP contribution in [-0.4, -0.2) is 48.6 Å². The number of ether oxygens (including phenoxy) is 1. The van der Waals surface area contributed by atoms with Gasteiger partial charge in [0.1, 0.15) is 5.82 Å². The fourth-order valence-electron chi connectivity index (χ4n) is 3.24. The van der Waals surface area contributed by atoms with Gasteiger partial charge in [0, 0.05) is 38.3 Å². The van der Waals surface area contributed by atoms with Crippen LogP contribution in [0.25, 0.3) is 0 Å². The van der Waals surface area contributed by atoms with Gasteiger partial charge in [-0.3, -0.25) is 14.9 Å². The summed E-state index contributed by atoms with van der Waals surface area (Å²) < 4.78 is 18.9. The Balaban J connectivity index is 1.94. The highest BCUT2D eigenvalue weighted by molar-refractivity contribution is 6.00.